The number of nitrogens with one attached hydrogen (secondary N) is 2. The van der Waals surface area contributed by atoms with Gasteiger partial charge in [0.2, 0.25) is 5.56 Å². The van der Waals surface area contributed by atoms with Crippen LogP contribution in [0, 0.1) is 5.82 Å². The van der Waals surface area contributed by atoms with Gasteiger partial charge in [-0.05, 0) is 50.7 Å². The van der Waals surface area contributed by atoms with E-state index in [-0.39, 0.29) is 40.7 Å². The number of piperazine rings is 1. The normalized spacial score (nSPS) is 18.3. The summed E-state index contributed by atoms with van der Waals surface area (Å²) in [5.41, 5.74) is -3.22. The van der Waals surface area contributed by atoms with E-state index in [4.69, 9.17) is 0 Å². The van der Waals surface area contributed by atoms with Crippen molar-refractivity contribution >= 4 is 17.3 Å². The minimum atomic E-state index is -5.01. The summed E-state index contributed by atoms with van der Waals surface area (Å²) in [7, 11) is 1.92. The Morgan fingerprint density at radius 3 is 2.17 bits per heavy atom. The molecule has 1 saturated heterocycles. The molecule has 2 aromatic carbocycles. The number of carbonyl (C=O) groups is 1. The van der Waals surface area contributed by atoms with Gasteiger partial charge in [0.1, 0.15) is 11.6 Å². The van der Waals surface area contributed by atoms with Gasteiger partial charge in [-0.2, -0.15) is 13.2 Å². The highest BCUT2D eigenvalue weighted by atomic mass is 19.4. The predicted octanol–water partition coefficient (Wildman–Crippen LogP) is 5.88. The number of alkyl halides is 6. The van der Waals surface area contributed by atoms with E-state index < -0.39 is 46.7 Å². The van der Waals surface area contributed by atoms with Crippen LogP contribution >= 0.6 is 0 Å². The van der Waals surface area contributed by atoms with Crippen LogP contribution in [0.5, 0.6) is 5.75 Å². The van der Waals surface area contributed by atoms with E-state index in [1.165, 1.54) is 18.2 Å². The van der Waals surface area contributed by atoms with Crippen LogP contribution in [0.3, 0.4) is 0 Å². The quantitative estimate of drug-likeness (QED) is 0.366. The summed E-state index contributed by atoms with van der Waals surface area (Å²) < 4.78 is 97.8. The van der Waals surface area contributed by atoms with Crippen molar-refractivity contribution in [1.29, 1.82) is 0 Å². The first kappa shape index (κ1) is 29.9. The minimum Gasteiger partial charge on any atom is -0.406 e. The fourth-order valence-corrected chi connectivity index (χ4v) is 4.67. The number of aromatic amines is 1. The molecule has 220 valence electrons. The third-order valence-corrected chi connectivity index (χ3v) is 6.91. The number of amides is 1. The molecule has 1 amide bonds. The van der Waals surface area contributed by atoms with E-state index in [0.29, 0.717) is 19.3 Å². The molecule has 4 rings (SSSR count). The van der Waals surface area contributed by atoms with Crippen molar-refractivity contribution in [2.75, 3.05) is 30.4 Å². The lowest BCUT2D eigenvalue weighted by Crippen LogP contribution is -2.55. The second-order valence-corrected chi connectivity index (χ2v) is 9.77. The lowest BCUT2D eigenvalue weighted by molar-refractivity contribution is -0.274. The number of aromatic nitrogens is 1. The van der Waals surface area contributed by atoms with Gasteiger partial charge in [0.25, 0.3) is 5.91 Å². The van der Waals surface area contributed by atoms with Crippen LogP contribution in [-0.4, -0.2) is 54.4 Å². The first-order valence-corrected chi connectivity index (χ1v) is 12.3. The molecule has 3 aromatic rings. The van der Waals surface area contributed by atoms with Gasteiger partial charge in [0.05, 0.1) is 22.5 Å². The topological polar surface area (TPSA) is 77.7 Å². The standard InChI is InChI=1S/C27H25F7N4O3/c1-14-12-38(13-15(2)37(14)3)23-10-21(28)18(16-4-6-17(7-5-16)41-27(32,33)34)8-22(23)36-25(40)19-11-35-24(39)9-20(19)26(29,30)31/h4-11,14-15H,12-13H2,1-3H3,(H,35,39)(H,36,40)/t14-,15+. The Hall–Kier alpha value is -4.07. The van der Waals surface area contributed by atoms with Gasteiger partial charge in [-0.1, -0.05) is 12.1 Å². The maximum absolute atomic E-state index is 15.5. The molecule has 0 spiro atoms. The smallest absolute Gasteiger partial charge is 0.406 e. The van der Waals surface area contributed by atoms with Crippen LogP contribution < -0.4 is 20.5 Å². The molecular weight excluding hydrogens is 561 g/mol. The number of halogens is 7. The number of likely N-dealkylation sites (N-methyl/N-ethyl adjacent to an activating group) is 1. The molecule has 2 N–H and O–H groups in total. The summed E-state index contributed by atoms with van der Waals surface area (Å²) in [4.78, 5) is 30.6. The summed E-state index contributed by atoms with van der Waals surface area (Å²) in [6, 6.07) is 6.90. The average Bonchev–Trinajstić information content (AvgIpc) is 2.86. The van der Waals surface area contributed by atoms with Crippen LogP contribution in [0.2, 0.25) is 0 Å². The van der Waals surface area contributed by atoms with E-state index in [1.807, 2.05) is 20.9 Å². The third-order valence-electron chi connectivity index (χ3n) is 6.91. The van der Waals surface area contributed by atoms with Crippen LogP contribution in [0.15, 0.2) is 53.5 Å². The Morgan fingerprint density at radius 2 is 1.61 bits per heavy atom. The van der Waals surface area contributed by atoms with Crippen molar-refractivity contribution in [2.24, 2.45) is 0 Å². The van der Waals surface area contributed by atoms with Gasteiger partial charge >= 0.3 is 12.5 Å². The van der Waals surface area contributed by atoms with E-state index in [2.05, 4.69) is 19.9 Å². The van der Waals surface area contributed by atoms with Crippen molar-refractivity contribution in [2.45, 2.75) is 38.5 Å². The van der Waals surface area contributed by atoms with Crippen LogP contribution in [0.1, 0.15) is 29.8 Å². The molecular formula is C27H25F7N4O3. The van der Waals surface area contributed by atoms with Crippen LogP contribution in [-0.2, 0) is 6.18 Å². The molecule has 0 unspecified atom stereocenters. The molecule has 41 heavy (non-hydrogen) atoms. The predicted molar refractivity (Wildman–Crippen MR) is 137 cm³/mol. The molecule has 2 atom stereocenters. The summed E-state index contributed by atoms with van der Waals surface area (Å²) in [6.07, 6.45) is -9.30. The fraction of sp³-hybridized carbons (Fsp3) is 0.333. The maximum atomic E-state index is 15.5. The second kappa shape index (κ2) is 11.1. The molecule has 0 saturated carbocycles. The van der Waals surface area contributed by atoms with E-state index in [1.54, 1.807) is 4.90 Å². The number of pyridine rings is 1. The van der Waals surface area contributed by atoms with Gasteiger partial charge in [0, 0.05) is 43.0 Å². The number of anilines is 2. The number of hydrogen-bond acceptors (Lipinski definition) is 5. The Balaban J connectivity index is 1.79. The molecule has 2 heterocycles. The monoisotopic (exact) mass is 586 g/mol. The molecule has 1 fully saturated rings. The first-order chi connectivity index (χ1) is 19.0. The lowest BCUT2D eigenvalue weighted by atomic mass is 10.0. The number of hydrogen-bond donors (Lipinski definition) is 2. The van der Waals surface area contributed by atoms with Gasteiger partial charge in [-0.25, -0.2) is 4.39 Å². The molecule has 0 radical (unpaired) electrons. The SMILES string of the molecule is C[C@@H]1CN(c2cc(F)c(-c3ccc(OC(F)(F)F)cc3)cc2NC(=O)c2c[nH]c(=O)cc2C(F)(F)F)C[C@H](C)N1C. The number of H-pyrrole nitrogens is 1. The van der Waals surface area contributed by atoms with E-state index in [9.17, 15) is 35.9 Å². The number of rotatable bonds is 5. The van der Waals surface area contributed by atoms with Crippen molar-refractivity contribution in [1.82, 2.24) is 9.88 Å². The lowest BCUT2D eigenvalue weighted by Gasteiger charge is -2.44. The summed E-state index contributed by atoms with van der Waals surface area (Å²) in [5, 5.41) is 2.42. The molecule has 7 nitrogen and oxygen atoms in total. The molecule has 1 aromatic heterocycles. The minimum absolute atomic E-state index is 0.00208. The van der Waals surface area contributed by atoms with E-state index in [0.717, 1.165) is 18.2 Å². The summed E-state index contributed by atoms with van der Waals surface area (Å²) in [5.74, 6) is -2.52. The van der Waals surface area contributed by atoms with Gasteiger partial charge in [-0.15, -0.1) is 13.2 Å². The second-order valence-electron chi connectivity index (χ2n) is 9.77. The molecule has 1 aliphatic heterocycles. The molecule has 1 aliphatic rings. The van der Waals surface area contributed by atoms with Gasteiger partial charge < -0.3 is 19.9 Å². The zero-order chi connectivity index (χ0) is 30.3. The zero-order valence-corrected chi connectivity index (χ0v) is 22.0. The first-order valence-electron chi connectivity index (χ1n) is 12.3. The Morgan fingerprint density at radius 1 is 1.00 bits per heavy atom. The van der Waals surface area contributed by atoms with Crippen molar-refractivity contribution in [3.63, 3.8) is 0 Å². The van der Waals surface area contributed by atoms with Gasteiger partial charge in [-0.3, -0.25) is 14.5 Å². The summed E-state index contributed by atoms with van der Waals surface area (Å²) in [6.45, 7) is 4.68. The fourth-order valence-electron chi connectivity index (χ4n) is 4.67. The van der Waals surface area contributed by atoms with Crippen molar-refractivity contribution < 1.29 is 40.3 Å². The van der Waals surface area contributed by atoms with Crippen LogP contribution in [0.4, 0.5) is 42.1 Å². The molecule has 14 heteroatoms. The number of benzene rings is 2. The molecule has 0 aliphatic carbocycles. The maximum Gasteiger partial charge on any atom is 0.573 e. The zero-order valence-electron chi connectivity index (χ0n) is 22.0. The van der Waals surface area contributed by atoms with Crippen molar-refractivity contribution in [3.8, 4) is 16.9 Å². The number of nitrogens with zero attached hydrogens (tertiary/aromatic N) is 2. The van der Waals surface area contributed by atoms with Crippen LogP contribution in [0.25, 0.3) is 11.1 Å². The highest BCUT2D eigenvalue weighted by Gasteiger charge is 2.36. The van der Waals surface area contributed by atoms with Gasteiger partial charge in [0.15, 0.2) is 0 Å². The Labute approximate surface area is 229 Å². The van der Waals surface area contributed by atoms with E-state index >= 15 is 4.39 Å². The number of ether oxygens (including phenoxy) is 1. The number of carbonyl (C=O) groups excluding carboxylic acids is 1. The molecule has 0 bridgehead atoms. The van der Waals surface area contributed by atoms with Crippen molar-refractivity contribution in [3.05, 3.63) is 76.0 Å². The largest absolute Gasteiger partial charge is 0.573 e. The highest BCUT2D eigenvalue weighted by Crippen LogP contribution is 2.38. The Bertz CT molecular complexity index is 1470. The summed E-state index contributed by atoms with van der Waals surface area (Å²) >= 11 is 0. The average molecular weight is 587 g/mol. The highest BCUT2D eigenvalue weighted by molar-refractivity contribution is 6.07. The Kier molecular flexibility index (Phi) is 8.07. The third kappa shape index (κ3) is 6.81.